The molecule has 0 spiro atoms. The summed E-state index contributed by atoms with van der Waals surface area (Å²) >= 11 is 0. The zero-order valence-electron chi connectivity index (χ0n) is 8.90. The van der Waals surface area contributed by atoms with E-state index < -0.39 is 22.3 Å². The van der Waals surface area contributed by atoms with Crippen molar-refractivity contribution in [2.45, 2.75) is 13.3 Å². The molecule has 0 unspecified atom stereocenters. The summed E-state index contributed by atoms with van der Waals surface area (Å²) in [7, 11) is 0. The van der Waals surface area contributed by atoms with E-state index in [0.717, 1.165) is 12.1 Å². The molecule has 0 fully saturated rings. The van der Waals surface area contributed by atoms with Crippen molar-refractivity contribution >= 4 is 23.1 Å². The van der Waals surface area contributed by atoms with Gasteiger partial charge in [-0.1, -0.05) is 0 Å². The summed E-state index contributed by atoms with van der Waals surface area (Å²) in [6, 6.07) is 2.95. The summed E-state index contributed by atoms with van der Waals surface area (Å²) in [6.07, 6.45) is -0.328. The summed E-state index contributed by atoms with van der Waals surface area (Å²) in [6.45, 7) is 1.24. The summed E-state index contributed by atoms with van der Waals surface area (Å²) < 4.78 is 13.0. The average molecular weight is 240 g/mol. The molecule has 0 aromatic heterocycles. The highest BCUT2D eigenvalue weighted by atomic mass is 19.1. The summed E-state index contributed by atoms with van der Waals surface area (Å²) in [5.74, 6) is -1.92. The third-order valence-corrected chi connectivity index (χ3v) is 1.84. The monoisotopic (exact) mass is 240 g/mol. The van der Waals surface area contributed by atoms with Crippen molar-refractivity contribution in [3.8, 4) is 0 Å². The second-order valence-electron chi connectivity index (χ2n) is 3.35. The van der Waals surface area contributed by atoms with Crippen molar-refractivity contribution in [3.05, 3.63) is 34.1 Å². The molecule has 0 heterocycles. The Labute approximate surface area is 95.6 Å². The molecule has 0 saturated heterocycles. The van der Waals surface area contributed by atoms with E-state index in [1.165, 1.54) is 13.0 Å². The quantitative estimate of drug-likeness (QED) is 0.492. The molecule has 0 bridgehead atoms. The summed E-state index contributed by atoms with van der Waals surface area (Å²) in [5.41, 5.74) is -0.657. The van der Waals surface area contributed by atoms with Crippen molar-refractivity contribution in [1.29, 1.82) is 0 Å². The fourth-order valence-electron chi connectivity index (χ4n) is 1.16. The normalized spacial score (nSPS) is 9.76. The van der Waals surface area contributed by atoms with E-state index in [-0.39, 0.29) is 17.9 Å². The van der Waals surface area contributed by atoms with E-state index in [0.29, 0.717) is 0 Å². The third-order valence-electron chi connectivity index (χ3n) is 1.84. The molecule has 0 aliphatic rings. The Morgan fingerprint density at radius 2 is 2.12 bits per heavy atom. The van der Waals surface area contributed by atoms with Gasteiger partial charge in [-0.05, 0) is 19.1 Å². The molecule has 17 heavy (non-hydrogen) atoms. The molecule has 1 rings (SSSR count). The number of benzene rings is 1. The zero-order chi connectivity index (χ0) is 13.0. The first kappa shape index (κ1) is 12.8. The number of amides is 1. The lowest BCUT2D eigenvalue weighted by Gasteiger charge is -2.03. The number of nitro benzene ring substituents is 1. The molecular weight excluding hydrogens is 231 g/mol. The van der Waals surface area contributed by atoms with Crippen molar-refractivity contribution in [1.82, 2.24) is 0 Å². The predicted molar refractivity (Wildman–Crippen MR) is 57.0 cm³/mol. The molecule has 0 saturated carbocycles. The highest BCUT2D eigenvalue weighted by Gasteiger charge is 2.15. The van der Waals surface area contributed by atoms with Crippen molar-refractivity contribution in [2.75, 3.05) is 5.32 Å². The van der Waals surface area contributed by atoms with Gasteiger partial charge >= 0.3 is 5.69 Å². The van der Waals surface area contributed by atoms with Crippen molar-refractivity contribution < 1.29 is 18.9 Å². The molecule has 7 heteroatoms. The van der Waals surface area contributed by atoms with Crippen LogP contribution in [0, 0.1) is 15.9 Å². The van der Waals surface area contributed by atoms with Crippen LogP contribution in [0.1, 0.15) is 13.3 Å². The number of Topliss-reactive ketones (excluding diaryl/α,β-unsaturated/α-hetero) is 1. The lowest BCUT2D eigenvalue weighted by atomic mass is 10.2. The number of ketones is 1. The molecule has 1 aromatic carbocycles. The summed E-state index contributed by atoms with van der Waals surface area (Å²) in [4.78, 5) is 31.4. The van der Waals surface area contributed by atoms with Gasteiger partial charge in [-0.25, -0.2) is 0 Å². The van der Waals surface area contributed by atoms with Crippen LogP contribution in [-0.2, 0) is 9.59 Å². The molecule has 6 nitrogen and oxygen atoms in total. The van der Waals surface area contributed by atoms with E-state index in [1.807, 2.05) is 0 Å². The van der Waals surface area contributed by atoms with Gasteiger partial charge in [-0.15, -0.1) is 0 Å². The van der Waals surface area contributed by atoms with E-state index >= 15 is 0 Å². The number of nitrogens with zero attached hydrogens (tertiary/aromatic N) is 1. The number of halogens is 1. The third kappa shape index (κ3) is 3.63. The van der Waals surface area contributed by atoms with E-state index in [2.05, 4.69) is 5.32 Å². The Bertz CT molecular complexity index is 487. The van der Waals surface area contributed by atoms with Crippen LogP contribution in [0.15, 0.2) is 18.2 Å². The Balaban J connectivity index is 2.86. The van der Waals surface area contributed by atoms with Gasteiger partial charge in [0, 0.05) is 11.8 Å². The fourth-order valence-corrected chi connectivity index (χ4v) is 1.16. The molecule has 0 aliphatic carbocycles. The standard InChI is InChI=1S/C10H9FN2O4/c1-6(14)4-10(15)12-7-2-3-8(11)9(5-7)13(16)17/h2-3,5H,4H2,1H3,(H,12,15). The van der Waals surface area contributed by atoms with Crippen LogP contribution in [-0.4, -0.2) is 16.6 Å². The van der Waals surface area contributed by atoms with Gasteiger partial charge < -0.3 is 5.32 Å². The van der Waals surface area contributed by atoms with Gasteiger partial charge in [0.1, 0.15) is 5.78 Å². The van der Waals surface area contributed by atoms with Crippen LogP contribution in [0.3, 0.4) is 0 Å². The molecule has 0 atom stereocenters. The minimum absolute atomic E-state index is 0.0735. The maximum absolute atomic E-state index is 13.0. The van der Waals surface area contributed by atoms with Crippen LogP contribution in [0.4, 0.5) is 15.8 Å². The molecule has 90 valence electrons. The number of rotatable bonds is 4. The highest BCUT2D eigenvalue weighted by Crippen LogP contribution is 2.21. The average Bonchev–Trinajstić information content (AvgIpc) is 2.19. The number of nitro groups is 1. The first-order valence-corrected chi connectivity index (χ1v) is 4.63. The first-order chi connectivity index (χ1) is 7.90. The Hall–Kier alpha value is -2.31. The van der Waals surface area contributed by atoms with Gasteiger partial charge in [0.05, 0.1) is 11.3 Å². The second kappa shape index (κ2) is 5.15. The highest BCUT2D eigenvalue weighted by molar-refractivity contribution is 6.03. The number of hydrogen-bond acceptors (Lipinski definition) is 4. The van der Waals surface area contributed by atoms with Gasteiger partial charge in [0.2, 0.25) is 11.7 Å². The SMILES string of the molecule is CC(=O)CC(=O)Nc1ccc(F)c([N+](=O)[O-])c1. The maximum atomic E-state index is 13.0. The lowest BCUT2D eigenvalue weighted by Crippen LogP contribution is -2.14. The second-order valence-corrected chi connectivity index (χ2v) is 3.35. The number of carbonyl (C=O) groups excluding carboxylic acids is 2. The zero-order valence-corrected chi connectivity index (χ0v) is 8.90. The van der Waals surface area contributed by atoms with E-state index in [9.17, 15) is 24.1 Å². The van der Waals surface area contributed by atoms with E-state index in [1.54, 1.807) is 0 Å². The number of hydrogen-bond donors (Lipinski definition) is 1. The smallest absolute Gasteiger partial charge is 0.306 e. The van der Waals surface area contributed by atoms with Crippen molar-refractivity contribution in [3.63, 3.8) is 0 Å². The lowest BCUT2D eigenvalue weighted by molar-refractivity contribution is -0.387. The van der Waals surface area contributed by atoms with Crippen LogP contribution in [0.2, 0.25) is 0 Å². The fraction of sp³-hybridized carbons (Fsp3) is 0.200. The molecule has 0 radical (unpaired) electrons. The minimum atomic E-state index is -0.987. The van der Waals surface area contributed by atoms with Crippen LogP contribution < -0.4 is 5.32 Å². The molecule has 1 amide bonds. The largest absolute Gasteiger partial charge is 0.325 e. The van der Waals surface area contributed by atoms with Gasteiger partial charge in [-0.2, -0.15) is 4.39 Å². The molecule has 1 aromatic rings. The van der Waals surface area contributed by atoms with Gasteiger partial charge in [0.25, 0.3) is 0 Å². The molecule has 0 aliphatic heterocycles. The molecule has 1 N–H and O–H groups in total. The van der Waals surface area contributed by atoms with Crippen molar-refractivity contribution in [2.24, 2.45) is 0 Å². The van der Waals surface area contributed by atoms with Crippen LogP contribution in [0.5, 0.6) is 0 Å². The Kier molecular flexibility index (Phi) is 3.86. The Morgan fingerprint density at radius 1 is 1.47 bits per heavy atom. The number of anilines is 1. The minimum Gasteiger partial charge on any atom is -0.325 e. The first-order valence-electron chi connectivity index (χ1n) is 4.63. The van der Waals surface area contributed by atoms with Gasteiger partial charge in [0.15, 0.2) is 0 Å². The number of carbonyl (C=O) groups is 2. The Morgan fingerprint density at radius 3 is 2.65 bits per heavy atom. The van der Waals surface area contributed by atoms with E-state index in [4.69, 9.17) is 0 Å². The maximum Gasteiger partial charge on any atom is 0.306 e. The summed E-state index contributed by atoms with van der Waals surface area (Å²) in [5, 5.41) is 12.7. The van der Waals surface area contributed by atoms with Gasteiger partial charge in [-0.3, -0.25) is 19.7 Å². The van der Waals surface area contributed by atoms with Crippen LogP contribution in [0.25, 0.3) is 0 Å². The number of nitrogens with one attached hydrogen (secondary N) is 1. The van der Waals surface area contributed by atoms with Crippen LogP contribution >= 0.6 is 0 Å². The molecular formula is C10H9FN2O4. The predicted octanol–water partition coefficient (Wildman–Crippen LogP) is 1.65. The topological polar surface area (TPSA) is 89.3 Å².